The summed E-state index contributed by atoms with van der Waals surface area (Å²) in [6.07, 6.45) is 0. The molecule has 4 heteroatoms. The Kier molecular flexibility index (Phi) is 2.51. The third kappa shape index (κ3) is 1.77. The first-order valence-electron chi connectivity index (χ1n) is 3.84. The highest BCUT2D eigenvalue weighted by Gasteiger charge is 2.12. The van der Waals surface area contributed by atoms with Crippen LogP contribution in [0.3, 0.4) is 0 Å². The van der Waals surface area contributed by atoms with Crippen LogP contribution in [0.25, 0.3) is 0 Å². The molecule has 1 aromatic carbocycles. The Morgan fingerprint density at radius 2 is 2.15 bits per heavy atom. The van der Waals surface area contributed by atoms with E-state index in [9.17, 15) is 9.18 Å². The second-order valence-electron chi connectivity index (χ2n) is 2.78. The highest BCUT2D eigenvalue weighted by Crippen LogP contribution is 2.16. The number of carbonyl (C=O) groups is 1. The third-order valence-corrected chi connectivity index (χ3v) is 1.75. The fourth-order valence-electron chi connectivity index (χ4n) is 1.10. The average Bonchev–Trinajstić information content (AvgIpc) is 2.10. The summed E-state index contributed by atoms with van der Waals surface area (Å²) in [4.78, 5) is 11.1. The van der Waals surface area contributed by atoms with E-state index in [0.717, 1.165) is 0 Å². The molecule has 0 atom stereocenters. The van der Waals surface area contributed by atoms with Crippen molar-refractivity contribution < 1.29 is 9.18 Å². The molecule has 0 saturated heterocycles. The molecule has 0 aliphatic carbocycles. The lowest BCUT2D eigenvalue weighted by molar-refractivity contribution is 0.0959. The molecule has 0 spiro atoms. The standard InChI is InChI=1S/C9H11FN2O/c1-5-3-6(11)4-7(8(5)10)9(13)12-2/h3-4H,11H2,1-2H3,(H,12,13). The van der Waals surface area contributed by atoms with Crippen LogP contribution in [-0.4, -0.2) is 13.0 Å². The number of benzene rings is 1. The molecule has 0 unspecified atom stereocenters. The number of rotatable bonds is 1. The van der Waals surface area contributed by atoms with Gasteiger partial charge in [0.05, 0.1) is 5.56 Å². The molecule has 1 rings (SSSR count). The molecule has 0 saturated carbocycles. The number of amides is 1. The predicted molar refractivity (Wildman–Crippen MR) is 48.9 cm³/mol. The van der Waals surface area contributed by atoms with Gasteiger partial charge in [-0.1, -0.05) is 0 Å². The van der Waals surface area contributed by atoms with E-state index in [1.54, 1.807) is 6.92 Å². The van der Waals surface area contributed by atoms with Crippen LogP contribution in [0.4, 0.5) is 10.1 Å². The number of anilines is 1. The molecule has 0 aliphatic heterocycles. The molecule has 0 fully saturated rings. The van der Waals surface area contributed by atoms with Gasteiger partial charge in [0.1, 0.15) is 5.82 Å². The van der Waals surface area contributed by atoms with Crippen LogP contribution in [0.2, 0.25) is 0 Å². The summed E-state index contributed by atoms with van der Waals surface area (Å²) < 4.78 is 13.3. The van der Waals surface area contributed by atoms with E-state index in [-0.39, 0.29) is 5.56 Å². The Hall–Kier alpha value is -1.58. The van der Waals surface area contributed by atoms with Crippen LogP contribution < -0.4 is 11.1 Å². The van der Waals surface area contributed by atoms with Gasteiger partial charge in [0.2, 0.25) is 0 Å². The summed E-state index contributed by atoms with van der Waals surface area (Å²) in [6, 6.07) is 2.81. The Labute approximate surface area is 75.7 Å². The fraction of sp³-hybridized carbons (Fsp3) is 0.222. The minimum Gasteiger partial charge on any atom is -0.399 e. The zero-order valence-corrected chi connectivity index (χ0v) is 7.52. The van der Waals surface area contributed by atoms with Gasteiger partial charge in [-0.2, -0.15) is 0 Å². The first kappa shape index (κ1) is 9.51. The van der Waals surface area contributed by atoms with E-state index >= 15 is 0 Å². The Morgan fingerprint density at radius 3 is 2.69 bits per heavy atom. The number of nitrogen functional groups attached to an aromatic ring is 1. The molecule has 0 radical (unpaired) electrons. The quantitative estimate of drug-likeness (QED) is 0.638. The Morgan fingerprint density at radius 1 is 1.54 bits per heavy atom. The highest BCUT2D eigenvalue weighted by atomic mass is 19.1. The molecular formula is C9H11FN2O. The minimum atomic E-state index is -0.520. The van der Waals surface area contributed by atoms with Gasteiger partial charge in [0.25, 0.3) is 5.91 Å². The van der Waals surface area contributed by atoms with Crippen LogP contribution in [0.5, 0.6) is 0 Å². The van der Waals surface area contributed by atoms with Gasteiger partial charge < -0.3 is 11.1 Å². The number of halogens is 1. The topological polar surface area (TPSA) is 55.1 Å². The second kappa shape index (κ2) is 3.43. The minimum absolute atomic E-state index is 0.0139. The van der Waals surface area contributed by atoms with Crippen molar-refractivity contribution >= 4 is 11.6 Å². The molecule has 70 valence electrons. The lowest BCUT2D eigenvalue weighted by Crippen LogP contribution is -2.20. The summed E-state index contributed by atoms with van der Waals surface area (Å²) >= 11 is 0. The van der Waals surface area contributed by atoms with Crippen LogP contribution in [0, 0.1) is 12.7 Å². The van der Waals surface area contributed by atoms with Crippen molar-refractivity contribution in [3.05, 3.63) is 29.1 Å². The van der Waals surface area contributed by atoms with Gasteiger partial charge in [-0.25, -0.2) is 4.39 Å². The maximum absolute atomic E-state index is 13.3. The van der Waals surface area contributed by atoms with Crippen molar-refractivity contribution in [2.45, 2.75) is 6.92 Å². The second-order valence-corrected chi connectivity index (χ2v) is 2.78. The molecule has 3 N–H and O–H groups in total. The largest absolute Gasteiger partial charge is 0.399 e. The smallest absolute Gasteiger partial charge is 0.254 e. The van der Waals surface area contributed by atoms with Gasteiger partial charge in [-0.15, -0.1) is 0 Å². The van der Waals surface area contributed by atoms with Crippen LogP contribution in [-0.2, 0) is 0 Å². The van der Waals surface area contributed by atoms with Gasteiger partial charge in [-0.3, -0.25) is 4.79 Å². The van der Waals surface area contributed by atoms with Crippen molar-refractivity contribution in [2.75, 3.05) is 12.8 Å². The summed E-state index contributed by atoms with van der Waals surface area (Å²) in [5, 5.41) is 2.34. The van der Waals surface area contributed by atoms with Gasteiger partial charge in [0, 0.05) is 12.7 Å². The van der Waals surface area contributed by atoms with Gasteiger partial charge in [-0.05, 0) is 24.6 Å². The molecule has 0 aromatic heterocycles. The summed E-state index contributed by atoms with van der Waals surface area (Å²) in [5.41, 5.74) is 6.22. The monoisotopic (exact) mass is 182 g/mol. The van der Waals surface area contributed by atoms with Crippen molar-refractivity contribution in [1.82, 2.24) is 5.32 Å². The SMILES string of the molecule is CNC(=O)c1cc(N)cc(C)c1F. The lowest BCUT2D eigenvalue weighted by Gasteiger charge is -2.05. The number of hydrogen-bond acceptors (Lipinski definition) is 2. The van der Waals surface area contributed by atoms with Gasteiger partial charge >= 0.3 is 0 Å². The number of nitrogens with two attached hydrogens (primary N) is 1. The maximum atomic E-state index is 13.3. The average molecular weight is 182 g/mol. The predicted octanol–water partition coefficient (Wildman–Crippen LogP) is 1.08. The zero-order chi connectivity index (χ0) is 10.0. The fourth-order valence-corrected chi connectivity index (χ4v) is 1.10. The Balaban J connectivity index is 3.28. The van der Waals surface area contributed by atoms with Crippen molar-refractivity contribution in [2.24, 2.45) is 0 Å². The van der Waals surface area contributed by atoms with Crippen LogP contribution in [0.15, 0.2) is 12.1 Å². The van der Waals surface area contributed by atoms with Crippen LogP contribution in [0.1, 0.15) is 15.9 Å². The Bertz CT molecular complexity index is 350. The molecule has 0 bridgehead atoms. The van der Waals surface area contributed by atoms with E-state index in [1.807, 2.05) is 0 Å². The number of aryl methyl sites for hydroxylation is 1. The van der Waals surface area contributed by atoms with Gasteiger partial charge in [0.15, 0.2) is 0 Å². The maximum Gasteiger partial charge on any atom is 0.254 e. The molecule has 13 heavy (non-hydrogen) atoms. The van der Waals surface area contributed by atoms with E-state index in [1.165, 1.54) is 19.2 Å². The first-order valence-corrected chi connectivity index (χ1v) is 3.84. The molecule has 1 amide bonds. The number of nitrogens with one attached hydrogen (secondary N) is 1. The van der Waals surface area contributed by atoms with Crippen LogP contribution >= 0.6 is 0 Å². The summed E-state index contributed by atoms with van der Waals surface area (Å²) in [6.45, 7) is 1.57. The summed E-state index contributed by atoms with van der Waals surface area (Å²) in [7, 11) is 1.44. The van der Waals surface area contributed by atoms with E-state index in [4.69, 9.17) is 5.73 Å². The molecule has 1 aromatic rings. The van der Waals surface area contributed by atoms with Crippen molar-refractivity contribution in [3.63, 3.8) is 0 Å². The van der Waals surface area contributed by atoms with Crippen molar-refractivity contribution in [3.8, 4) is 0 Å². The van der Waals surface area contributed by atoms with E-state index in [2.05, 4.69) is 5.32 Å². The summed E-state index contributed by atoms with van der Waals surface area (Å²) in [5.74, 6) is -0.985. The normalized spacial score (nSPS) is 9.77. The van der Waals surface area contributed by atoms with Crippen molar-refractivity contribution in [1.29, 1.82) is 0 Å². The molecule has 0 heterocycles. The molecular weight excluding hydrogens is 171 g/mol. The zero-order valence-electron chi connectivity index (χ0n) is 7.52. The highest BCUT2D eigenvalue weighted by molar-refractivity contribution is 5.95. The lowest BCUT2D eigenvalue weighted by atomic mass is 10.1. The number of hydrogen-bond donors (Lipinski definition) is 2. The van der Waals surface area contributed by atoms with E-state index in [0.29, 0.717) is 11.3 Å². The van der Waals surface area contributed by atoms with E-state index < -0.39 is 11.7 Å². The number of carbonyl (C=O) groups excluding carboxylic acids is 1. The third-order valence-electron chi connectivity index (χ3n) is 1.75. The first-order chi connectivity index (χ1) is 6.06. The molecule has 0 aliphatic rings. The molecule has 3 nitrogen and oxygen atoms in total.